The summed E-state index contributed by atoms with van der Waals surface area (Å²) in [5.41, 5.74) is 5.11. The number of hydrogen-bond acceptors (Lipinski definition) is 7. The highest BCUT2D eigenvalue weighted by Gasteiger charge is 2.18. The van der Waals surface area contributed by atoms with Crippen molar-refractivity contribution in [3.8, 4) is 11.5 Å². The van der Waals surface area contributed by atoms with Crippen LogP contribution in [0, 0.1) is 6.92 Å². The first-order valence-corrected chi connectivity index (χ1v) is 13.5. The summed E-state index contributed by atoms with van der Waals surface area (Å²) in [6.45, 7) is 4.55. The number of nitrogens with one attached hydrogen (secondary N) is 3. The number of aryl methyl sites for hydroxylation is 1. The van der Waals surface area contributed by atoms with Crippen LogP contribution in [0.2, 0.25) is 0 Å². The highest BCUT2D eigenvalue weighted by molar-refractivity contribution is 6.40. The Kier molecular flexibility index (Phi) is 10.4. The average molecular weight is 579 g/mol. The fourth-order valence-electron chi connectivity index (χ4n) is 3.72. The third-order valence-corrected chi connectivity index (χ3v) is 5.97. The average Bonchev–Trinajstić information content (AvgIpc) is 3.02. The molecule has 0 bridgehead atoms. The molecule has 0 spiro atoms. The van der Waals surface area contributed by atoms with Crippen molar-refractivity contribution in [3.05, 3.63) is 119 Å². The molecule has 0 aliphatic carbocycles. The van der Waals surface area contributed by atoms with Crippen molar-refractivity contribution in [2.45, 2.75) is 20.3 Å². The molecule has 0 fully saturated rings. The van der Waals surface area contributed by atoms with E-state index in [9.17, 15) is 19.2 Å². The van der Waals surface area contributed by atoms with Crippen LogP contribution >= 0.6 is 0 Å². The maximum atomic E-state index is 12.8. The van der Waals surface area contributed by atoms with E-state index in [1.165, 1.54) is 18.3 Å². The molecule has 0 aliphatic rings. The number of carbonyl (C=O) groups excluding carboxylic acids is 4. The lowest BCUT2D eigenvalue weighted by Crippen LogP contribution is -2.33. The van der Waals surface area contributed by atoms with Crippen molar-refractivity contribution in [2.24, 2.45) is 5.10 Å². The van der Waals surface area contributed by atoms with Gasteiger partial charge in [-0.2, -0.15) is 5.10 Å². The summed E-state index contributed by atoms with van der Waals surface area (Å²) < 4.78 is 10.9. The van der Waals surface area contributed by atoms with Gasteiger partial charge in [0.1, 0.15) is 11.5 Å². The van der Waals surface area contributed by atoms with E-state index < -0.39 is 23.7 Å². The van der Waals surface area contributed by atoms with Crippen molar-refractivity contribution < 1.29 is 28.7 Å². The molecular formula is C33H30N4O6. The van der Waals surface area contributed by atoms with Gasteiger partial charge in [0.2, 0.25) is 0 Å². The Morgan fingerprint density at radius 2 is 1.44 bits per heavy atom. The number of carbonyl (C=O) groups is 4. The van der Waals surface area contributed by atoms with Crippen molar-refractivity contribution in [1.82, 2.24) is 5.43 Å². The number of nitrogens with zero attached hydrogens (tertiary/aromatic N) is 1. The van der Waals surface area contributed by atoms with Crippen LogP contribution in [0.4, 0.5) is 11.4 Å². The Morgan fingerprint density at radius 3 is 2.14 bits per heavy atom. The van der Waals surface area contributed by atoms with E-state index in [2.05, 4.69) is 21.2 Å². The maximum Gasteiger partial charge on any atom is 0.343 e. The van der Waals surface area contributed by atoms with E-state index in [0.29, 0.717) is 34.9 Å². The first-order valence-electron chi connectivity index (χ1n) is 13.5. The number of esters is 1. The zero-order valence-corrected chi connectivity index (χ0v) is 23.6. The fraction of sp³-hybridized carbons (Fsp3) is 0.121. The van der Waals surface area contributed by atoms with Crippen LogP contribution in [0.25, 0.3) is 0 Å². The first-order chi connectivity index (χ1) is 20.8. The van der Waals surface area contributed by atoms with Gasteiger partial charge >= 0.3 is 17.8 Å². The third-order valence-electron chi connectivity index (χ3n) is 5.97. The first kappa shape index (κ1) is 30.2. The van der Waals surface area contributed by atoms with Gasteiger partial charge in [0.15, 0.2) is 0 Å². The number of amides is 3. The molecule has 10 nitrogen and oxygen atoms in total. The Balaban J connectivity index is 1.28. The lowest BCUT2D eigenvalue weighted by molar-refractivity contribution is -0.136. The van der Waals surface area contributed by atoms with E-state index in [1.54, 1.807) is 72.8 Å². The minimum Gasteiger partial charge on any atom is -0.494 e. The van der Waals surface area contributed by atoms with Gasteiger partial charge in [-0.1, -0.05) is 36.8 Å². The minimum absolute atomic E-state index is 0.169. The molecule has 10 heteroatoms. The molecule has 0 heterocycles. The largest absolute Gasteiger partial charge is 0.494 e. The minimum atomic E-state index is -1.03. The Morgan fingerprint density at radius 1 is 0.767 bits per heavy atom. The van der Waals surface area contributed by atoms with Crippen LogP contribution in [0.5, 0.6) is 11.5 Å². The number of para-hydroxylation sites is 1. The normalized spacial score (nSPS) is 10.6. The second kappa shape index (κ2) is 14.7. The SMILES string of the molecule is CCCOc1ccc(C(=O)Oc2ccc(/C=N\NC(=O)C(=O)Nc3ccccc3C(=O)Nc3ccc(C)cc3)cc2)cc1. The second-order valence-electron chi connectivity index (χ2n) is 9.35. The quantitative estimate of drug-likeness (QED) is 0.0764. The molecule has 0 saturated heterocycles. The maximum absolute atomic E-state index is 12.8. The van der Waals surface area contributed by atoms with Gasteiger partial charge < -0.3 is 20.1 Å². The molecule has 0 aliphatic heterocycles. The number of anilines is 2. The van der Waals surface area contributed by atoms with E-state index in [4.69, 9.17) is 9.47 Å². The number of hydrogen-bond donors (Lipinski definition) is 3. The summed E-state index contributed by atoms with van der Waals surface area (Å²) in [6.07, 6.45) is 2.22. The van der Waals surface area contributed by atoms with Gasteiger partial charge in [0.25, 0.3) is 5.91 Å². The summed E-state index contributed by atoms with van der Waals surface area (Å²) in [5, 5.41) is 9.02. The van der Waals surface area contributed by atoms with Crippen LogP contribution in [0.3, 0.4) is 0 Å². The second-order valence-corrected chi connectivity index (χ2v) is 9.35. The van der Waals surface area contributed by atoms with Crippen LogP contribution in [-0.4, -0.2) is 36.5 Å². The summed E-state index contributed by atoms with van der Waals surface area (Å²) >= 11 is 0. The fourth-order valence-corrected chi connectivity index (χ4v) is 3.72. The zero-order valence-electron chi connectivity index (χ0n) is 23.6. The van der Waals surface area contributed by atoms with Crippen LogP contribution in [-0.2, 0) is 9.59 Å². The lowest BCUT2D eigenvalue weighted by Gasteiger charge is -2.11. The van der Waals surface area contributed by atoms with Gasteiger partial charge in [-0.25, -0.2) is 10.2 Å². The molecule has 0 unspecified atom stereocenters. The summed E-state index contributed by atoms with van der Waals surface area (Å²) in [4.78, 5) is 50.0. The Hall–Kier alpha value is -5.77. The molecule has 3 amide bonds. The van der Waals surface area contributed by atoms with Gasteiger partial charge in [-0.05, 0) is 91.7 Å². The zero-order chi connectivity index (χ0) is 30.6. The molecule has 4 aromatic rings. The number of ether oxygens (including phenoxy) is 2. The third kappa shape index (κ3) is 8.86. The summed E-state index contributed by atoms with van der Waals surface area (Å²) in [6, 6.07) is 26.7. The van der Waals surface area contributed by atoms with Gasteiger partial charge in [0, 0.05) is 5.69 Å². The number of rotatable bonds is 10. The number of benzene rings is 4. The predicted octanol–water partition coefficient (Wildman–Crippen LogP) is 5.34. The molecule has 0 saturated carbocycles. The van der Waals surface area contributed by atoms with E-state index in [0.717, 1.165) is 12.0 Å². The van der Waals surface area contributed by atoms with Gasteiger partial charge in [-0.15, -0.1) is 0 Å². The molecule has 4 aromatic carbocycles. The molecule has 4 rings (SSSR count). The molecule has 0 aromatic heterocycles. The number of hydrazone groups is 1. The highest BCUT2D eigenvalue weighted by atomic mass is 16.5. The smallest absolute Gasteiger partial charge is 0.343 e. The lowest BCUT2D eigenvalue weighted by atomic mass is 10.1. The molecular weight excluding hydrogens is 548 g/mol. The molecule has 218 valence electrons. The summed E-state index contributed by atoms with van der Waals surface area (Å²) in [7, 11) is 0. The van der Waals surface area contributed by atoms with Crippen LogP contribution in [0.15, 0.2) is 102 Å². The Bertz CT molecular complexity index is 1610. The summed E-state index contributed by atoms with van der Waals surface area (Å²) in [5.74, 6) is -1.99. The predicted molar refractivity (Wildman–Crippen MR) is 164 cm³/mol. The standard InChI is InChI=1S/C33H30N4O6/c1-3-20-42-26-18-12-24(13-19-26)33(41)43-27-16-10-23(11-17-27)21-34-37-32(40)31(39)36-29-7-5-4-6-28(29)30(38)35-25-14-8-22(2)9-15-25/h4-19,21H,3,20H2,1-2H3,(H,35,38)(H,36,39)(H,37,40)/b34-21-. The van der Waals surface area contributed by atoms with Crippen molar-refractivity contribution in [3.63, 3.8) is 0 Å². The molecule has 0 atom stereocenters. The van der Waals surface area contributed by atoms with E-state index in [1.807, 2.05) is 26.0 Å². The van der Waals surface area contributed by atoms with E-state index >= 15 is 0 Å². The molecule has 3 N–H and O–H groups in total. The van der Waals surface area contributed by atoms with Crippen molar-refractivity contribution in [1.29, 1.82) is 0 Å². The molecule has 0 radical (unpaired) electrons. The van der Waals surface area contributed by atoms with E-state index in [-0.39, 0.29) is 11.3 Å². The Labute approximate surface area is 248 Å². The van der Waals surface area contributed by atoms with Crippen molar-refractivity contribution in [2.75, 3.05) is 17.2 Å². The monoisotopic (exact) mass is 578 g/mol. The molecule has 43 heavy (non-hydrogen) atoms. The van der Waals surface area contributed by atoms with Crippen LogP contribution in [0.1, 0.15) is 45.2 Å². The van der Waals surface area contributed by atoms with Crippen LogP contribution < -0.4 is 25.5 Å². The van der Waals surface area contributed by atoms with Gasteiger partial charge in [-0.3, -0.25) is 14.4 Å². The topological polar surface area (TPSA) is 135 Å². The van der Waals surface area contributed by atoms with Crippen molar-refractivity contribution >= 4 is 41.3 Å². The van der Waals surface area contributed by atoms with Gasteiger partial charge in [0.05, 0.1) is 29.6 Å². The highest BCUT2D eigenvalue weighted by Crippen LogP contribution is 2.19.